The quantitative estimate of drug-likeness (QED) is 0.914. The number of hydrogen-bond acceptors (Lipinski definition) is 4. The summed E-state index contributed by atoms with van der Waals surface area (Å²) in [7, 11) is 0. The molecule has 1 aliphatic rings. The van der Waals surface area contributed by atoms with Crippen LogP contribution in [0.5, 0.6) is 0 Å². The highest BCUT2D eigenvalue weighted by Gasteiger charge is 2.37. The topological polar surface area (TPSA) is 66.3 Å². The molecule has 1 aliphatic heterocycles. The minimum atomic E-state index is -4.46. The van der Waals surface area contributed by atoms with Crippen LogP contribution in [0.1, 0.15) is 33.9 Å². The van der Waals surface area contributed by atoms with Crippen molar-refractivity contribution in [1.29, 1.82) is 0 Å². The predicted molar refractivity (Wildman–Crippen MR) is 77.9 cm³/mol. The number of β-amino-alcohol motifs (C(OH)–C–C–N with tert-alkyl or cyclic N) is 1. The van der Waals surface area contributed by atoms with Crippen LogP contribution in [0, 0.1) is 0 Å². The Morgan fingerprint density at radius 3 is 2.62 bits per heavy atom. The fraction of sp³-hybridized carbons (Fsp3) is 0.312. The van der Waals surface area contributed by atoms with Crippen LogP contribution in [0.15, 0.2) is 43.0 Å². The maximum atomic E-state index is 12.9. The van der Waals surface area contributed by atoms with E-state index in [1.807, 2.05) is 0 Å². The van der Waals surface area contributed by atoms with Gasteiger partial charge < -0.3 is 10.0 Å². The highest BCUT2D eigenvalue weighted by Crippen LogP contribution is 2.36. The lowest BCUT2D eigenvalue weighted by atomic mass is 10.0. The van der Waals surface area contributed by atoms with Crippen LogP contribution < -0.4 is 0 Å². The van der Waals surface area contributed by atoms with Gasteiger partial charge in [-0.2, -0.15) is 13.2 Å². The molecule has 0 spiro atoms. The smallest absolute Gasteiger partial charge is 0.391 e. The summed E-state index contributed by atoms with van der Waals surface area (Å²) in [5, 5.41) is 9.91. The molecule has 8 heteroatoms. The Kier molecular flexibility index (Phi) is 4.23. The SMILES string of the molecule is O=C(c1cncnc1)N1C[C@H](O)C[C@@H]1c1cccc(C(F)(F)F)c1. The number of amides is 1. The maximum Gasteiger partial charge on any atom is 0.416 e. The van der Waals surface area contributed by atoms with Gasteiger partial charge in [-0.05, 0) is 24.1 Å². The number of likely N-dealkylation sites (tertiary alicyclic amines) is 1. The second-order valence-electron chi connectivity index (χ2n) is 5.61. The second kappa shape index (κ2) is 6.20. The van der Waals surface area contributed by atoms with Crippen molar-refractivity contribution in [3.63, 3.8) is 0 Å². The molecule has 0 radical (unpaired) electrons. The van der Waals surface area contributed by atoms with Gasteiger partial charge in [0, 0.05) is 18.9 Å². The average molecular weight is 337 g/mol. The van der Waals surface area contributed by atoms with Gasteiger partial charge in [0.25, 0.3) is 5.91 Å². The number of hydrogen-bond donors (Lipinski definition) is 1. The summed E-state index contributed by atoms with van der Waals surface area (Å²) in [6.07, 6.45) is -1.12. The summed E-state index contributed by atoms with van der Waals surface area (Å²) in [4.78, 5) is 21.5. The monoisotopic (exact) mass is 337 g/mol. The van der Waals surface area contributed by atoms with Crippen LogP contribution in [-0.2, 0) is 6.18 Å². The van der Waals surface area contributed by atoms with Crippen molar-refractivity contribution in [1.82, 2.24) is 14.9 Å². The summed E-state index contributed by atoms with van der Waals surface area (Å²) in [6, 6.07) is 4.20. The zero-order valence-electron chi connectivity index (χ0n) is 12.4. The highest BCUT2D eigenvalue weighted by atomic mass is 19.4. The third-order valence-electron chi connectivity index (χ3n) is 3.95. The second-order valence-corrected chi connectivity index (χ2v) is 5.61. The molecule has 1 aromatic heterocycles. The Bertz CT molecular complexity index is 737. The molecule has 1 fully saturated rings. The summed E-state index contributed by atoms with van der Waals surface area (Å²) in [5.41, 5.74) is -0.216. The minimum Gasteiger partial charge on any atom is -0.391 e. The first-order valence-corrected chi connectivity index (χ1v) is 7.27. The van der Waals surface area contributed by atoms with Gasteiger partial charge in [-0.15, -0.1) is 0 Å². The van der Waals surface area contributed by atoms with E-state index in [0.29, 0.717) is 5.56 Å². The maximum absolute atomic E-state index is 12.9. The molecule has 126 valence electrons. The van der Waals surface area contributed by atoms with Crippen LogP contribution in [0.25, 0.3) is 0 Å². The molecule has 2 heterocycles. The molecule has 24 heavy (non-hydrogen) atoms. The lowest BCUT2D eigenvalue weighted by Crippen LogP contribution is -2.32. The summed E-state index contributed by atoms with van der Waals surface area (Å²) in [6.45, 7) is 0.0502. The van der Waals surface area contributed by atoms with E-state index in [2.05, 4.69) is 9.97 Å². The molecule has 0 bridgehead atoms. The standard InChI is InChI=1S/C16H14F3N3O2/c17-16(18,19)12-3-1-2-10(4-12)14-5-13(23)8-22(14)15(24)11-6-20-9-21-7-11/h1-4,6-7,9,13-14,23H,5,8H2/t13-,14-/m1/s1. The number of carbonyl (C=O) groups is 1. The molecule has 3 rings (SSSR count). The number of benzene rings is 1. The van der Waals surface area contributed by atoms with E-state index >= 15 is 0 Å². The van der Waals surface area contributed by atoms with Crippen LogP contribution in [0.3, 0.4) is 0 Å². The molecule has 1 aromatic carbocycles. The summed E-state index contributed by atoms with van der Waals surface area (Å²) in [5.74, 6) is -0.422. The van der Waals surface area contributed by atoms with Gasteiger partial charge in [0.15, 0.2) is 0 Å². The summed E-state index contributed by atoms with van der Waals surface area (Å²) < 4.78 is 38.7. The van der Waals surface area contributed by atoms with E-state index in [9.17, 15) is 23.1 Å². The number of halogens is 3. The number of aromatic nitrogens is 2. The molecule has 0 aliphatic carbocycles. The van der Waals surface area contributed by atoms with Crippen molar-refractivity contribution in [2.24, 2.45) is 0 Å². The van der Waals surface area contributed by atoms with Crippen molar-refractivity contribution in [2.45, 2.75) is 24.7 Å². The number of carbonyl (C=O) groups excluding carboxylic acids is 1. The number of nitrogens with zero attached hydrogens (tertiary/aromatic N) is 3. The molecular weight excluding hydrogens is 323 g/mol. The fourth-order valence-electron chi connectivity index (χ4n) is 2.85. The first kappa shape index (κ1) is 16.4. The Balaban J connectivity index is 1.93. The van der Waals surface area contributed by atoms with E-state index in [1.165, 1.54) is 35.8 Å². The number of aliphatic hydroxyl groups excluding tert-OH is 1. The zero-order chi connectivity index (χ0) is 17.3. The van der Waals surface area contributed by atoms with Gasteiger partial charge in [0.2, 0.25) is 0 Å². The third-order valence-corrected chi connectivity index (χ3v) is 3.95. The van der Waals surface area contributed by atoms with E-state index in [-0.39, 0.29) is 18.5 Å². The Hall–Kier alpha value is -2.48. The molecule has 1 amide bonds. The summed E-state index contributed by atoms with van der Waals surface area (Å²) >= 11 is 0. The van der Waals surface area contributed by atoms with Crippen molar-refractivity contribution in [3.05, 3.63) is 59.7 Å². The van der Waals surface area contributed by atoms with Crippen LogP contribution >= 0.6 is 0 Å². The van der Waals surface area contributed by atoms with Gasteiger partial charge in [-0.25, -0.2) is 9.97 Å². The van der Waals surface area contributed by atoms with Crippen LogP contribution in [-0.4, -0.2) is 38.5 Å². The fourth-order valence-corrected chi connectivity index (χ4v) is 2.85. The van der Waals surface area contributed by atoms with Gasteiger partial charge >= 0.3 is 6.18 Å². The van der Waals surface area contributed by atoms with Gasteiger partial charge in [-0.3, -0.25) is 4.79 Å². The van der Waals surface area contributed by atoms with Gasteiger partial charge in [-0.1, -0.05) is 12.1 Å². The van der Waals surface area contributed by atoms with Crippen LogP contribution in [0.2, 0.25) is 0 Å². The Labute approximate surface area is 135 Å². The molecule has 2 atom stereocenters. The van der Waals surface area contributed by atoms with Gasteiger partial charge in [0.1, 0.15) is 6.33 Å². The molecule has 2 aromatic rings. The van der Waals surface area contributed by atoms with E-state index < -0.39 is 29.8 Å². The van der Waals surface area contributed by atoms with E-state index in [4.69, 9.17) is 0 Å². The Morgan fingerprint density at radius 1 is 1.25 bits per heavy atom. The average Bonchev–Trinajstić information content (AvgIpc) is 2.96. The number of alkyl halides is 3. The number of aliphatic hydroxyl groups is 1. The third kappa shape index (κ3) is 3.23. The molecule has 1 N–H and O–H groups in total. The molecule has 1 saturated heterocycles. The lowest BCUT2D eigenvalue weighted by Gasteiger charge is -2.25. The first-order valence-electron chi connectivity index (χ1n) is 7.27. The first-order chi connectivity index (χ1) is 11.4. The molecular formula is C16H14F3N3O2. The van der Waals surface area contributed by atoms with E-state index in [0.717, 1.165) is 12.1 Å². The Morgan fingerprint density at radius 2 is 1.96 bits per heavy atom. The van der Waals surface area contributed by atoms with Crippen molar-refractivity contribution in [3.8, 4) is 0 Å². The van der Waals surface area contributed by atoms with Crippen LogP contribution in [0.4, 0.5) is 13.2 Å². The number of rotatable bonds is 2. The molecule has 0 unspecified atom stereocenters. The molecule has 5 nitrogen and oxygen atoms in total. The predicted octanol–water partition coefficient (Wildman–Crippen LogP) is 2.44. The van der Waals surface area contributed by atoms with Crippen molar-refractivity contribution >= 4 is 5.91 Å². The largest absolute Gasteiger partial charge is 0.416 e. The highest BCUT2D eigenvalue weighted by molar-refractivity contribution is 5.94. The molecule has 0 saturated carbocycles. The zero-order valence-corrected chi connectivity index (χ0v) is 12.4. The minimum absolute atomic E-state index is 0.0502. The normalized spacial score (nSPS) is 21.1. The lowest BCUT2D eigenvalue weighted by molar-refractivity contribution is -0.137. The van der Waals surface area contributed by atoms with Crippen molar-refractivity contribution in [2.75, 3.05) is 6.54 Å². The van der Waals surface area contributed by atoms with Crippen molar-refractivity contribution < 1.29 is 23.1 Å². The van der Waals surface area contributed by atoms with Gasteiger partial charge in [0.05, 0.1) is 23.3 Å². The van der Waals surface area contributed by atoms with E-state index in [1.54, 1.807) is 0 Å².